The molecule has 4 heteroatoms. The predicted molar refractivity (Wildman–Crippen MR) is 118 cm³/mol. The summed E-state index contributed by atoms with van der Waals surface area (Å²) in [5.74, 6) is 1.56. The number of carbonyl (C=O) groups is 1. The van der Waals surface area contributed by atoms with E-state index in [4.69, 9.17) is 9.15 Å². The first-order valence-corrected chi connectivity index (χ1v) is 9.87. The lowest BCUT2D eigenvalue weighted by Crippen LogP contribution is -2.06. The molecule has 0 aliphatic heterocycles. The molecule has 0 aliphatic carbocycles. The van der Waals surface area contributed by atoms with Gasteiger partial charge in [-0.2, -0.15) is 0 Å². The Bertz CT molecular complexity index is 1150. The normalized spacial score (nSPS) is 10.7. The van der Waals surface area contributed by atoms with Gasteiger partial charge in [0, 0.05) is 18.4 Å². The van der Waals surface area contributed by atoms with Crippen molar-refractivity contribution in [3.63, 3.8) is 0 Å². The van der Waals surface area contributed by atoms with Gasteiger partial charge in [-0.1, -0.05) is 42.5 Å². The fourth-order valence-corrected chi connectivity index (χ4v) is 3.53. The molecule has 1 aromatic heterocycles. The number of rotatable bonds is 7. The molecule has 3 aromatic carbocycles. The molecule has 0 fully saturated rings. The number of hydrogen-bond donors (Lipinski definition) is 0. The second-order valence-corrected chi connectivity index (χ2v) is 7.31. The monoisotopic (exact) mass is 397 g/mol. The van der Waals surface area contributed by atoms with Gasteiger partial charge in [0.05, 0.1) is 13.3 Å². The van der Waals surface area contributed by atoms with Crippen LogP contribution < -0.4 is 4.74 Å². The van der Waals surface area contributed by atoms with Crippen molar-refractivity contribution in [3.05, 3.63) is 95.9 Å². The Morgan fingerprint density at radius 2 is 1.70 bits per heavy atom. The van der Waals surface area contributed by atoms with E-state index in [1.54, 1.807) is 19.6 Å². The largest absolute Gasteiger partial charge is 0.497 e. The first-order chi connectivity index (χ1) is 14.6. The Labute approximate surface area is 176 Å². The van der Waals surface area contributed by atoms with Crippen LogP contribution in [0.3, 0.4) is 0 Å². The van der Waals surface area contributed by atoms with Crippen LogP contribution in [0.15, 0.2) is 83.6 Å². The zero-order valence-corrected chi connectivity index (χ0v) is 17.1. The van der Waals surface area contributed by atoms with Gasteiger partial charge in [-0.25, -0.2) is 4.98 Å². The Kier molecular flexibility index (Phi) is 5.75. The molecule has 0 unspecified atom stereocenters. The molecule has 0 aliphatic rings. The Morgan fingerprint density at radius 3 is 2.43 bits per heavy atom. The Hall–Kier alpha value is -3.66. The Balaban J connectivity index is 1.48. The van der Waals surface area contributed by atoms with Crippen LogP contribution in [0, 0.1) is 6.92 Å². The van der Waals surface area contributed by atoms with E-state index in [0.29, 0.717) is 18.7 Å². The van der Waals surface area contributed by atoms with Crippen molar-refractivity contribution in [2.24, 2.45) is 0 Å². The second kappa shape index (κ2) is 8.78. The van der Waals surface area contributed by atoms with Gasteiger partial charge >= 0.3 is 0 Å². The van der Waals surface area contributed by atoms with Crippen LogP contribution >= 0.6 is 0 Å². The first-order valence-electron chi connectivity index (χ1n) is 9.87. The van der Waals surface area contributed by atoms with Gasteiger partial charge in [0.1, 0.15) is 17.8 Å². The zero-order chi connectivity index (χ0) is 20.9. The van der Waals surface area contributed by atoms with Gasteiger partial charge in [0.2, 0.25) is 5.89 Å². The van der Waals surface area contributed by atoms with Crippen molar-refractivity contribution in [3.8, 4) is 28.3 Å². The number of methoxy groups -OCH3 is 1. The summed E-state index contributed by atoms with van der Waals surface area (Å²) >= 11 is 0. The molecule has 0 atom stereocenters. The summed E-state index contributed by atoms with van der Waals surface area (Å²) in [6.07, 6.45) is 4.03. The maximum Gasteiger partial charge on any atom is 0.225 e. The van der Waals surface area contributed by atoms with Crippen molar-refractivity contribution >= 4 is 5.78 Å². The highest BCUT2D eigenvalue weighted by molar-refractivity contribution is 5.83. The third-order valence-electron chi connectivity index (χ3n) is 5.12. The molecular weight excluding hydrogens is 374 g/mol. The van der Waals surface area contributed by atoms with Crippen LogP contribution in [0.2, 0.25) is 0 Å². The molecule has 0 radical (unpaired) electrons. The fraction of sp³-hybridized carbons (Fsp3) is 0.154. The van der Waals surface area contributed by atoms with Gasteiger partial charge in [-0.3, -0.25) is 4.79 Å². The lowest BCUT2D eigenvalue weighted by atomic mass is 9.96. The lowest BCUT2D eigenvalue weighted by Gasteiger charge is -2.09. The molecule has 1 heterocycles. The average molecular weight is 397 g/mol. The second-order valence-electron chi connectivity index (χ2n) is 7.31. The number of Topliss-reactive ketones (excluding diaryl/α,β-unsaturated/α-hetero) is 1. The van der Waals surface area contributed by atoms with E-state index in [-0.39, 0.29) is 5.78 Å². The van der Waals surface area contributed by atoms with Crippen LogP contribution in [0.5, 0.6) is 5.75 Å². The van der Waals surface area contributed by atoms with Crippen molar-refractivity contribution < 1.29 is 13.9 Å². The zero-order valence-electron chi connectivity index (χ0n) is 17.1. The van der Waals surface area contributed by atoms with E-state index in [2.05, 4.69) is 36.2 Å². The number of aromatic nitrogens is 1. The van der Waals surface area contributed by atoms with Crippen LogP contribution in [0.4, 0.5) is 0 Å². The van der Waals surface area contributed by atoms with Crippen molar-refractivity contribution in [2.45, 2.75) is 19.8 Å². The highest BCUT2D eigenvalue weighted by Crippen LogP contribution is 2.29. The van der Waals surface area contributed by atoms with Gasteiger partial charge in [0.25, 0.3) is 0 Å². The number of ketones is 1. The van der Waals surface area contributed by atoms with E-state index in [9.17, 15) is 4.79 Å². The minimum Gasteiger partial charge on any atom is -0.497 e. The summed E-state index contributed by atoms with van der Waals surface area (Å²) in [4.78, 5) is 16.7. The SMILES string of the molecule is COc1cccc(CC(=O)Cc2ccc(-c3cc(-c4ncco4)ccc3C)cc2)c1. The minimum absolute atomic E-state index is 0.179. The molecule has 4 aromatic rings. The standard InChI is InChI=1S/C26H23NO3/c1-18-6-9-22(26-27-12-13-30-26)17-25(18)21-10-7-19(8-11-21)14-23(28)15-20-4-3-5-24(16-20)29-2/h3-13,16-17H,14-15H2,1-2H3. The molecule has 30 heavy (non-hydrogen) atoms. The van der Waals surface area contributed by atoms with E-state index in [1.807, 2.05) is 42.5 Å². The van der Waals surface area contributed by atoms with Crippen LogP contribution in [0.25, 0.3) is 22.6 Å². The quantitative estimate of drug-likeness (QED) is 0.403. The molecule has 150 valence electrons. The summed E-state index contributed by atoms with van der Waals surface area (Å²) in [5.41, 5.74) is 6.32. The van der Waals surface area contributed by atoms with Crippen molar-refractivity contribution in [1.29, 1.82) is 0 Å². The molecule has 0 saturated heterocycles. The van der Waals surface area contributed by atoms with Gasteiger partial charge in [0.15, 0.2) is 0 Å². The van der Waals surface area contributed by atoms with Crippen LogP contribution in [0.1, 0.15) is 16.7 Å². The third kappa shape index (κ3) is 4.49. The van der Waals surface area contributed by atoms with Gasteiger partial charge in [-0.15, -0.1) is 0 Å². The topological polar surface area (TPSA) is 52.3 Å². The maximum absolute atomic E-state index is 12.5. The number of nitrogens with zero attached hydrogens (tertiary/aromatic N) is 1. The van der Waals surface area contributed by atoms with E-state index >= 15 is 0 Å². The van der Waals surface area contributed by atoms with Gasteiger partial charge in [-0.05, 0) is 59.0 Å². The molecule has 4 rings (SSSR count). The van der Waals surface area contributed by atoms with Crippen molar-refractivity contribution in [1.82, 2.24) is 4.98 Å². The molecule has 0 N–H and O–H groups in total. The smallest absolute Gasteiger partial charge is 0.225 e. The lowest BCUT2D eigenvalue weighted by molar-refractivity contribution is -0.117. The molecule has 0 spiro atoms. The molecular formula is C26H23NO3. The molecule has 0 bridgehead atoms. The minimum atomic E-state index is 0.179. The van der Waals surface area contributed by atoms with E-state index in [1.165, 1.54) is 5.56 Å². The van der Waals surface area contributed by atoms with Crippen LogP contribution in [-0.4, -0.2) is 17.9 Å². The molecule has 0 saturated carbocycles. The van der Waals surface area contributed by atoms with E-state index in [0.717, 1.165) is 33.6 Å². The summed E-state index contributed by atoms with van der Waals surface area (Å²) in [6.45, 7) is 2.08. The number of hydrogen-bond acceptors (Lipinski definition) is 4. The number of aryl methyl sites for hydroxylation is 1. The number of oxazole rings is 1. The highest BCUT2D eigenvalue weighted by Gasteiger charge is 2.10. The number of carbonyl (C=O) groups excluding carboxylic acids is 1. The number of ether oxygens (including phenoxy) is 1. The average Bonchev–Trinajstić information content (AvgIpc) is 3.30. The third-order valence-corrected chi connectivity index (χ3v) is 5.12. The maximum atomic E-state index is 12.5. The fourth-order valence-electron chi connectivity index (χ4n) is 3.53. The van der Waals surface area contributed by atoms with Crippen LogP contribution in [-0.2, 0) is 17.6 Å². The molecule has 0 amide bonds. The van der Waals surface area contributed by atoms with E-state index < -0.39 is 0 Å². The van der Waals surface area contributed by atoms with Gasteiger partial charge < -0.3 is 9.15 Å². The predicted octanol–water partition coefficient (Wildman–Crippen LogP) is 5.68. The number of benzene rings is 3. The summed E-state index contributed by atoms with van der Waals surface area (Å²) in [7, 11) is 1.63. The first kappa shape index (κ1) is 19.6. The summed E-state index contributed by atoms with van der Waals surface area (Å²) < 4.78 is 10.7. The van der Waals surface area contributed by atoms with Crippen molar-refractivity contribution in [2.75, 3.05) is 7.11 Å². The molecule has 4 nitrogen and oxygen atoms in total. The summed E-state index contributed by atoms with van der Waals surface area (Å²) in [5, 5.41) is 0. The summed E-state index contributed by atoms with van der Waals surface area (Å²) in [6, 6.07) is 22.0. The Morgan fingerprint density at radius 1 is 0.933 bits per heavy atom. The highest BCUT2D eigenvalue weighted by atomic mass is 16.5.